The van der Waals surface area contributed by atoms with E-state index in [0.29, 0.717) is 24.6 Å². The lowest BCUT2D eigenvalue weighted by Gasteiger charge is -2.11. The lowest BCUT2D eigenvalue weighted by molar-refractivity contribution is -0.121. The summed E-state index contributed by atoms with van der Waals surface area (Å²) in [6.07, 6.45) is 0.532. The summed E-state index contributed by atoms with van der Waals surface area (Å²) in [6, 6.07) is 5.39. The Hall–Kier alpha value is -1.71. The number of ether oxygens (including phenoxy) is 1. The van der Waals surface area contributed by atoms with E-state index in [0.717, 1.165) is 11.3 Å². The van der Waals surface area contributed by atoms with Crippen LogP contribution < -0.4 is 15.8 Å². The first-order chi connectivity index (χ1) is 8.02. The third-order valence-electron chi connectivity index (χ3n) is 2.37. The maximum Gasteiger partial charge on any atom is 0.220 e. The van der Waals surface area contributed by atoms with Gasteiger partial charge in [-0.05, 0) is 24.1 Å². The fraction of sp³-hybridized carbons (Fsp3) is 0.462. The van der Waals surface area contributed by atoms with E-state index in [1.165, 1.54) is 0 Å². The van der Waals surface area contributed by atoms with Crippen LogP contribution in [0.25, 0.3) is 0 Å². The molecule has 0 heterocycles. The molecule has 4 nitrogen and oxygen atoms in total. The van der Waals surface area contributed by atoms with Crippen molar-refractivity contribution in [3.05, 3.63) is 23.8 Å². The molecule has 94 valence electrons. The van der Waals surface area contributed by atoms with E-state index in [9.17, 15) is 4.79 Å². The van der Waals surface area contributed by atoms with E-state index in [2.05, 4.69) is 5.32 Å². The van der Waals surface area contributed by atoms with E-state index in [-0.39, 0.29) is 5.91 Å². The van der Waals surface area contributed by atoms with Crippen LogP contribution in [0.1, 0.15) is 25.8 Å². The first kappa shape index (κ1) is 13.4. The Morgan fingerprint density at radius 3 is 2.76 bits per heavy atom. The molecule has 0 fully saturated rings. The maximum absolute atomic E-state index is 11.5. The molecule has 4 heteroatoms. The second-order valence-electron chi connectivity index (χ2n) is 4.45. The third kappa shape index (κ3) is 4.34. The average Bonchev–Trinajstić information content (AvgIpc) is 2.25. The van der Waals surface area contributed by atoms with Gasteiger partial charge >= 0.3 is 0 Å². The molecule has 0 aliphatic carbocycles. The van der Waals surface area contributed by atoms with Crippen molar-refractivity contribution in [3.63, 3.8) is 0 Å². The van der Waals surface area contributed by atoms with Gasteiger partial charge in [0.2, 0.25) is 5.91 Å². The molecule has 0 saturated carbocycles. The summed E-state index contributed by atoms with van der Waals surface area (Å²) in [6.45, 7) is 4.47. The highest BCUT2D eigenvalue weighted by atomic mass is 16.5. The molecule has 1 aromatic rings. The number of anilines is 1. The number of hydrogen-bond acceptors (Lipinski definition) is 3. The minimum Gasteiger partial charge on any atom is -0.496 e. The second kappa shape index (κ2) is 6.13. The fourth-order valence-corrected chi connectivity index (χ4v) is 1.57. The van der Waals surface area contributed by atoms with Crippen LogP contribution in [-0.4, -0.2) is 13.0 Å². The molecule has 1 amide bonds. The molecule has 0 aromatic heterocycles. The Kier molecular flexibility index (Phi) is 4.82. The molecule has 0 bridgehead atoms. The molecule has 0 aliphatic heterocycles. The first-order valence-electron chi connectivity index (χ1n) is 5.72. The lowest BCUT2D eigenvalue weighted by atomic mass is 10.1. The predicted molar refractivity (Wildman–Crippen MR) is 68.7 cm³/mol. The van der Waals surface area contributed by atoms with E-state index in [1.807, 2.05) is 19.9 Å². The Morgan fingerprint density at radius 1 is 1.47 bits per heavy atom. The molecule has 1 rings (SSSR count). The topological polar surface area (TPSA) is 64.3 Å². The molecule has 0 aliphatic rings. The molecule has 0 atom stereocenters. The molecule has 0 saturated heterocycles. The first-order valence-corrected chi connectivity index (χ1v) is 5.72. The van der Waals surface area contributed by atoms with Gasteiger partial charge in [-0.2, -0.15) is 0 Å². The number of carbonyl (C=O) groups is 1. The van der Waals surface area contributed by atoms with Crippen molar-refractivity contribution in [2.24, 2.45) is 5.92 Å². The largest absolute Gasteiger partial charge is 0.496 e. The summed E-state index contributed by atoms with van der Waals surface area (Å²) < 4.78 is 5.21. The zero-order chi connectivity index (χ0) is 12.8. The monoisotopic (exact) mass is 236 g/mol. The van der Waals surface area contributed by atoms with Crippen molar-refractivity contribution in [2.75, 3.05) is 12.8 Å². The Morgan fingerprint density at radius 2 is 2.18 bits per heavy atom. The van der Waals surface area contributed by atoms with Crippen molar-refractivity contribution in [1.29, 1.82) is 0 Å². The SMILES string of the molecule is COc1ccc(N)cc1CNC(=O)CC(C)C. The van der Waals surface area contributed by atoms with Gasteiger partial charge in [0.05, 0.1) is 7.11 Å². The summed E-state index contributed by atoms with van der Waals surface area (Å²) in [4.78, 5) is 11.5. The van der Waals surface area contributed by atoms with E-state index in [4.69, 9.17) is 10.5 Å². The number of carbonyl (C=O) groups excluding carboxylic acids is 1. The molecule has 17 heavy (non-hydrogen) atoms. The van der Waals surface area contributed by atoms with E-state index < -0.39 is 0 Å². The van der Waals surface area contributed by atoms with Crippen LogP contribution in [0.15, 0.2) is 18.2 Å². The summed E-state index contributed by atoms with van der Waals surface area (Å²) >= 11 is 0. The molecule has 1 aromatic carbocycles. The van der Waals surface area contributed by atoms with Crippen LogP contribution in [0, 0.1) is 5.92 Å². The van der Waals surface area contributed by atoms with Gasteiger partial charge in [-0.25, -0.2) is 0 Å². The number of hydrogen-bond donors (Lipinski definition) is 2. The van der Waals surface area contributed by atoms with Gasteiger partial charge < -0.3 is 15.8 Å². The van der Waals surface area contributed by atoms with Gasteiger partial charge in [0.25, 0.3) is 0 Å². The van der Waals surface area contributed by atoms with Crippen molar-refractivity contribution < 1.29 is 9.53 Å². The third-order valence-corrected chi connectivity index (χ3v) is 2.37. The Bertz CT molecular complexity index is 389. The zero-order valence-electron chi connectivity index (χ0n) is 10.6. The molecule has 3 N–H and O–H groups in total. The van der Waals surface area contributed by atoms with Gasteiger partial charge in [0.1, 0.15) is 5.75 Å². The summed E-state index contributed by atoms with van der Waals surface area (Å²) in [5.41, 5.74) is 7.26. The van der Waals surface area contributed by atoms with Crippen LogP contribution in [0.3, 0.4) is 0 Å². The second-order valence-corrected chi connectivity index (χ2v) is 4.45. The van der Waals surface area contributed by atoms with Crippen LogP contribution >= 0.6 is 0 Å². The number of benzene rings is 1. The van der Waals surface area contributed by atoms with Crippen LogP contribution in [-0.2, 0) is 11.3 Å². The van der Waals surface area contributed by atoms with Gasteiger partial charge in [0.15, 0.2) is 0 Å². The minimum absolute atomic E-state index is 0.0458. The van der Waals surface area contributed by atoms with Crippen LogP contribution in [0.4, 0.5) is 5.69 Å². The van der Waals surface area contributed by atoms with Crippen molar-refractivity contribution >= 4 is 11.6 Å². The van der Waals surface area contributed by atoms with Crippen molar-refractivity contribution in [3.8, 4) is 5.75 Å². The van der Waals surface area contributed by atoms with Crippen LogP contribution in [0.2, 0.25) is 0 Å². The number of nitrogen functional groups attached to an aromatic ring is 1. The molecule has 0 spiro atoms. The summed E-state index contributed by atoms with van der Waals surface area (Å²) in [5, 5.41) is 2.86. The average molecular weight is 236 g/mol. The lowest BCUT2D eigenvalue weighted by Crippen LogP contribution is -2.24. The zero-order valence-corrected chi connectivity index (χ0v) is 10.6. The van der Waals surface area contributed by atoms with Gasteiger partial charge in [-0.3, -0.25) is 4.79 Å². The normalized spacial score (nSPS) is 10.4. The van der Waals surface area contributed by atoms with Crippen molar-refractivity contribution in [1.82, 2.24) is 5.32 Å². The van der Waals surface area contributed by atoms with E-state index in [1.54, 1.807) is 19.2 Å². The predicted octanol–water partition coefficient (Wildman–Crippen LogP) is 1.94. The van der Waals surface area contributed by atoms with Gasteiger partial charge in [-0.15, -0.1) is 0 Å². The number of nitrogens with one attached hydrogen (secondary N) is 1. The molecular formula is C13H20N2O2. The smallest absolute Gasteiger partial charge is 0.220 e. The Labute approximate surface area is 102 Å². The summed E-state index contributed by atoms with van der Waals surface area (Å²) in [5.74, 6) is 1.14. The molecular weight excluding hydrogens is 216 g/mol. The van der Waals surface area contributed by atoms with Gasteiger partial charge in [0, 0.05) is 24.2 Å². The number of rotatable bonds is 5. The molecule has 0 radical (unpaired) electrons. The quantitative estimate of drug-likeness (QED) is 0.768. The number of nitrogens with two attached hydrogens (primary N) is 1. The van der Waals surface area contributed by atoms with Crippen LogP contribution in [0.5, 0.6) is 5.75 Å². The standard InChI is InChI=1S/C13H20N2O2/c1-9(2)6-13(16)15-8-10-7-11(14)4-5-12(10)17-3/h4-5,7,9H,6,8,14H2,1-3H3,(H,15,16). The number of amides is 1. The fourth-order valence-electron chi connectivity index (χ4n) is 1.57. The minimum atomic E-state index is 0.0458. The summed E-state index contributed by atoms with van der Waals surface area (Å²) in [7, 11) is 1.60. The Balaban J connectivity index is 2.62. The highest BCUT2D eigenvalue weighted by Crippen LogP contribution is 2.20. The molecule has 0 unspecified atom stereocenters. The van der Waals surface area contributed by atoms with Gasteiger partial charge in [-0.1, -0.05) is 13.8 Å². The highest BCUT2D eigenvalue weighted by molar-refractivity contribution is 5.76. The number of methoxy groups -OCH3 is 1. The maximum atomic E-state index is 11.5. The van der Waals surface area contributed by atoms with E-state index >= 15 is 0 Å². The highest BCUT2D eigenvalue weighted by Gasteiger charge is 2.07. The van der Waals surface area contributed by atoms with Crippen molar-refractivity contribution in [2.45, 2.75) is 26.8 Å².